The van der Waals surface area contributed by atoms with Crippen LogP contribution in [0.15, 0.2) is 133 Å². The summed E-state index contributed by atoms with van der Waals surface area (Å²) in [5.74, 6) is 3.57. The van der Waals surface area contributed by atoms with Gasteiger partial charge in [0.1, 0.15) is 16.2 Å². The molecule has 0 N–H and O–H groups in total. The Morgan fingerprint density at radius 1 is 0.553 bits per heavy atom. The maximum absolute atomic E-state index is 5.10. The summed E-state index contributed by atoms with van der Waals surface area (Å²) < 4.78 is 3.55. The zero-order chi connectivity index (χ0) is 31.3. The molecule has 1 aliphatic heterocycles. The summed E-state index contributed by atoms with van der Waals surface area (Å²) in [4.78, 5) is 21.0. The van der Waals surface area contributed by atoms with Gasteiger partial charge in [-0.2, -0.15) is 0 Å². The minimum atomic E-state index is 0.436. The lowest BCUT2D eigenvalue weighted by atomic mass is 9.98. The van der Waals surface area contributed by atoms with Gasteiger partial charge in [0.25, 0.3) is 0 Å². The van der Waals surface area contributed by atoms with Crippen molar-refractivity contribution in [3.05, 3.63) is 139 Å². The summed E-state index contributed by atoms with van der Waals surface area (Å²) in [6.07, 6.45) is 5.47. The van der Waals surface area contributed by atoms with Crippen molar-refractivity contribution in [1.82, 2.24) is 24.5 Å². The smallest absolute Gasteiger partial charge is 0.164 e. The third-order valence-corrected chi connectivity index (χ3v) is 10.1. The van der Waals surface area contributed by atoms with E-state index < -0.39 is 0 Å². The molecule has 9 rings (SSSR count). The van der Waals surface area contributed by atoms with Crippen molar-refractivity contribution in [2.75, 3.05) is 0 Å². The SMILES string of the molecule is CC1CC=Cn2c1nc1c3cc(-c4ccc(-c5cccc(-c6nc(-c7ccccc7)nc(-c7ccccc7)n6)c5)cc4)ccc3sc12. The number of nitrogens with zero attached hydrogens (tertiary/aromatic N) is 5. The molecule has 8 aromatic rings. The van der Waals surface area contributed by atoms with Crippen LogP contribution < -0.4 is 0 Å². The number of benzene rings is 5. The summed E-state index contributed by atoms with van der Waals surface area (Å²) in [5.41, 5.74) is 8.59. The van der Waals surface area contributed by atoms with Crippen molar-refractivity contribution in [3.8, 4) is 56.4 Å². The van der Waals surface area contributed by atoms with Gasteiger partial charge in [0, 0.05) is 38.9 Å². The Balaban J connectivity index is 1.06. The van der Waals surface area contributed by atoms with Gasteiger partial charge >= 0.3 is 0 Å². The van der Waals surface area contributed by atoms with Crippen molar-refractivity contribution in [1.29, 1.82) is 0 Å². The van der Waals surface area contributed by atoms with E-state index in [0.29, 0.717) is 23.4 Å². The first-order valence-corrected chi connectivity index (χ1v) is 16.7. The van der Waals surface area contributed by atoms with Gasteiger partial charge in [0.15, 0.2) is 17.5 Å². The second kappa shape index (κ2) is 11.3. The van der Waals surface area contributed by atoms with E-state index in [1.165, 1.54) is 26.0 Å². The topological polar surface area (TPSA) is 56.5 Å². The van der Waals surface area contributed by atoms with Crippen LogP contribution in [0.4, 0.5) is 0 Å². The zero-order valence-corrected chi connectivity index (χ0v) is 26.5. The molecular weight excluding hydrogens is 595 g/mol. The van der Waals surface area contributed by atoms with Crippen LogP contribution in [0.25, 0.3) is 83.1 Å². The molecule has 4 heterocycles. The van der Waals surface area contributed by atoms with Crippen LogP contribution in [0.1, 0.15) is 25.1 Å². The van der Waals surface area contributed by atoms with Gasteiger partial charge in [0.2, 0.25) is 0 Å². The minimum Gasteiger partial charge on any atom is -0.295 e. The van der Waals surface area contributed by atoms with Gasteiger partial charge < -0.3 is 0 Å². The van der Waals surface area contributed by atoms with Crippen LogP contribution in [-0.4, -0.2) is 24.5 Å². The van der Waals surface area contributed by atoms with Crippen molar-refractivity contribution >= 4 is 38.0 Å². The maximum Gasteiger partial charge on any atom is 0.164 e. The van der Waals surface area contributed by atoms with Crippen LogP contribution in [-0.2, 0) is 0 Å². The minimum absolute atomic E-state index is 0.436. The first-order valence-electron chi connectivity index (χ1n) is 15.9. The molecular formula is C41H29N5S. The van der Waals surface area contributed by atoms with Gasteiger partial charge in [-0.3, -0.25) is 4.57 Å². The molecule has 0 bridgehead atoms. The van der Waals surface area contributed by atoms with E-state index in [1.807, 2.05) is 72.0 Å². The summed E-state index contributed by atoms with van der Waals surface area (Å²) in [5, 5.41) is 1.23. The fourth-order valence-corrected chi connectivity index (χ4v) is 7.51. The largest absolute Gasteiger partial charge is 0.295 e. The van der Waals surface area contributed by atoms with Crippen molar-refractivity contribution < 1.29 is 0 Å². The molecule has 0 aliphatic carbocycles. The molecule has 47 heavy (non-hydrogen) atoms. The Kier molecular flexibility index (Phi) is 6.61. The van der Waals surface area contributed by atoms with Crippen LogP contribution in [0, 0.1) is 0 Å². The number of thiophene rings is 1. The highest BCUT2D eigenvalue weighted by atomic mass is 32.1. The van der Waals surface area contributed by atoms with Crippen LogP contribution in [0.5, 0.6) is 0 Å². The molecule has 5 aromatic carbocycles. The van der Waals surface area contributed by atoms with E-state index >= 15 is 0 Å². The van der Waals surface area contributed by atoms with Gasteiger partial charge in [-0.25, -0.2) is 19.9 Å². The number of aromatic nitrogens is 5. The van der Waals surface area contributed by atoms with E-state index in [0.717, 1.165) is 45.6 Å². The number of hydrogen-bond acceptors (Lipinski definition) is 5. The second-order valence-corrected chi connectivity index (χ2v) is 13.1. The quantitative estimate of drug-likeness (QED) is 0.191. The molecule has 0 saturated carbocycles. The van der Waals surface area contributed by atoms with Crippen LogP contribution in [0.3, 0.4) is 0 Å². The fourth-order valence-electron chi connectivity index (χ4n) is 6.39. The zero-order valence-electron chi connectivity index (χ0n) is 25.7. The number of rotatable bonds is 5. The standard InChI is InChI=1S/C41H29N5S/c1-26-10-9-23-46-40(26)42-36-34-25-32(21-22-35(34)47-41(36)46)28-19-17-27(18-20-28)31-15-8-16-33(24-31)39-44-37(29-11-4-2-5-12-29)43-38(45-39)30-13-6-3-7-14-30/h2-9,11-26H,10H2,1H3. The molecule has 5 nitrogen and oxygen atoms in total. The van der Waals surface area contributed by atoms with E-state index in [9.17, 15) is 0 Å². The number of allylic oxidation sites excluding steroid dienone is 1. The maximum atomic E-state index is 5.10. The molecule has 0 saturated heterocycles. The molecule has 0 amide bonds. The first-order chi connectivity index (χ1) is 23.2. The molecule has 224 valence electrons. The summed E-state index contributed by atoms with van der Waals surface area (Å²) >= 11 is 1.82. The van der Waals surface area contributed by atoms with E-state index in [-0.39, 0.29) is 0 Å². The monoisotopic (exact) mass is 623 g/mol. The number of imidazole rings is 1. The number of fused-ring (bicyclic) bond motifs is 5. The molecule has 0 spiro atoms. The lowest BCUT2D eigenvalue weighted by Crippen LogP contribution is -2.05. The fraction of sp³-hybridized carbons (Fsp3) is 0.0732. The van der Waals surface area contributed by atoms with E-state index in [1.54, 1.807) is 0 Å². The van der Waals surface area contributed by atoms with Crippen molar-refractivity contribution in [3.63, 3.8) is 0 Å². The molecule has 0 radical (unpaired) electrons. The molecule has 6 heteroatoms. The normalized spacial score (nSPS) is 14.1. The summed E-state index contributed by atoms with van der Waals surface area (Å²) in [7, 11) is 0. The third-order valence-electron chi connectivity index (χ3n) is 8.89. The molecule has 0 fully saturated rings. The highest BCUT2D eigenvalue weighted by Gasteiger charge is 2.21. The lowest BCUT2D eigenvalue weighted by molar-refractivity contribution is 0.694. The van der Waals surface area contributed by atoms with Gasteiger partial charge in [-0.1, -0.05) is 122 Å². The molecule has 1 aliphatic rings. The van der Waals surface area contributed by atoms with Crippen LogP contribution in [0.2, 0.25) is 0 Å². The highest BCUT2D eigenvalue weighted by Crippen LogP contribution is 2.40. The van der Waals surface area contributed by atoms with Gasteiger partial charge in [0.05, 0.1) is 0 Å². The average molecular weight is 624 g/mol. The van der Waals surface area contributed by atoms with Crippen molar-refractivity contribution in [2.24, 2.45) is 0 Å². The Morgan fingerprint density at radius 3 is 1.77 bits per heavy atom. The average Bonchev–Trinajstić information content (AvgIpc) is 3.69. The Labute approximate surface area is 276 Å². The van der Waals surface area contributed by atoms with E-state index in [2.05, 4.69) is 90.5 Å². The highest BCUT2D eigenvalue weighted by molar-refractivity contribution is 7.25. The first kappa shape index (κ1) is 27.6. The van der Waals surface area contributed by atoms with Gasteiger partial charge in [-0.05, 0) is 46.9 Å². The molecule has 1 atom stereocenters. The molecule has 3 aromatic heterocycles. The predicted octanol–water partition coefficient (Wildman–Crippen LogP) is 10.7. The van der Waals surface area contributed by atoms with E-state index in [4.69, 9.17) is 19.9 Å². The summed E-state index contributed by atoms with van der Waals surface area (Å²) in [6, 6.07) is 44.2. The third kappa shape index (κ3) is 4.94. The molecule has 1 unspecified atom stereocenters. The summed E-state index contributed by atoms with van der Waals surface area (Å²) in [6.45, 7) is 2.25. The second-order valence-electron chi connectivity index (χ2n) is 12.0. The van der Waals surface area contributed by atoms with Crippen LogP contribution >= 0.6 is 11.3 Å². The Hall–Kier alpha value is -5.72. The van der Waals surface area contributed by atoms with Crippen molar-refractivity contribution in [2.45, 2.75) is 19.3 Å². The Morgan fingerprint density at radius 2 is 1.11 bits per heavy atom. The Bertz CT molecular complexity index is 2380. The lowest BCUT2D eigenvalue weighted by Gasteiger charge is -2.14. The van der Waals surface area contributed by atoms with Gasteiger partial charge in [-0.15, -0.1) is 11.3 Å². The predicted molar refractivity (Wildman–Crippen MR) is 194 cm³/mol. The number of hydrogen-bond donors (Lipinski definition) is 0.